The summed E-state index contributed by atoms with van der Waals surface area (Å²) in [5, 5.41) is 0. The molecule has 94 valence electrons. The van der Waals surface area contributed by atoms with Crippen LogP contribution in [0.15, 0.2) is 23.1 Å². The summed E-state index contributed by atoms with van der Waals surface area (Å²) in [6.07, 6.45) is 2.40. The minimum absolute atomic E-state index is 0.116. The maximum atomic E-state index is 11.9. The highest BCUT2D eigenvalue weighted by atomic mass is 16.2. The Morgan fingerprint density at radius 2 is 2.00 bits per heavy atom. The molecule has 1 amide bonds. The van der Waals surface area contributed by atoms with Crippen LogP contribution in [0.2, 0.25) is 0 Å². The van der Waals surface area contributed by atoms with Crippen LogP contribution in [0.25, 0.3) is 0 Å². The number of hydrogen-bond acceptors (Lipinski definition) is 3. The molecule has 1 rings (SSSR count). The van der Waals surface area contributed by atoms with E-state index in [0.29, 0.717) is 12.1 Å². The van der Waals surface area contributed by atoms with Gasteiger partial charge in [-0.2, -0.15) is 0 Å². The van der Waals surface area contributed by atoms with Crippen LogP contribution in [0.5, 0.6) is 0 Å². The summed E-state index contributed by atoms with van der Waals surface area (Å²) < 4.78 is 0. The largest absolute Gasteiger partial charge is 0.342 e. The van der Waals surface area contributed by atoms with Crippen molar-refractivity contribution in [2.24, 2.45) is 0 Å². The second-order valence-corrected chi connectivity index (χ2v) is 4.33. The Morgan fingerprint density at radius 1 is 1.29 bits per heavy atom. The van der Waals surface area contributed by atoms with Crippen LogP contribution in [0.4, 0.5) is 0 Å². The van der Waals surface area contributed by atoms with E-state index < -0.39 is 0 Å². The molecule has 0 bridgehead atoms. The van der Waals surface area contributed by atoms with Crippen LogP contribution in [0.1, 0.15) is 16.8 Å². The molecule has 0 fully saturated rings. The van der Waals surface area contributed by atoms with Gasteiger partial charge < -0.3 is 14.8 Å². The molecule has 0 unspecified atom stereocenters. The van der Waals surface area contributed by atoms with E-state index in [9.17, 15) is 9.59 Å². The maximum absolute atomic E-state index is 11.9. The van der Waals surface area contributed by atoms with Crippen LogP contribution < -0.4 is 5.56 Å². The van der Waals surface area contributed by atoms with Crippen molar-refractivity contribution in [2.75, 3.05) is 34.2 Å². The zero-order chi connectivity index (χ0) is 12.8. The summed E-state index contributed by atoms with van der Waals surface area (Å²) in [6.45, 7) is 1.62. The highest BCUT2D eigenvalue weighted by Crippen LogP contribution is 2.00. The molecule has 0 aliphatic rings. The van der Waals surface area contributed by atoms with Gasteiger partial charge in [-0.1, -0.05) is 0 Å². The number of hydrogen-bond donors (Lipinski definition) is 1. The van der Waals surface area contributed by atoms with Gasteiger partial charge in [0.25, 0.3) is 5.91 Å². The normalized spacial score (nSPS) is 10.6. The SMILES string of the molecule is CN(C)CCCN(C)C(=O)c1cc[nH]c(=O)c1. The van der Waals surface area contributed by atoms with Crippen molar-refractivity contribution in [1.29, 1.82) is 0 Å². The Morgan fingerprint density at radius 3 is 2.59 bits per heavy atom. The lowest BCUT2D eigenvalue weighted by Crippen LogP contribution is -2.30. The molecule has 1 heterocycles. The molecule has 0 aromatic carbocycles. The number of carbonyl (C=O) groups excluding carboxylic acids is 1. The molecule has 1 aromatic rings. The van der Waals surface area contributed by atoms with E-state index in [1.807, 2.05) is 14.1 Å². The Labute approximate surface area is 101 Å². The third-order valence-electron chi connectivity index (χ3n) is 2.47. The Kier molecular flexibility index (Phi) is 4.90. The summed E-state index contributed by atoms with van der Waals surface area (Å²) in [5.74, 6) is -0.116. The van der Waals surface area contributed by atoms with Gasteiger partial charge in [0, 0.05) is 31.4 Å². The molecule has 1 aromatic heterocycles. The number of nitrogens with one attached hydrogen (secondary N) is 1. The van der Waals surface area contributed by atoms with E-state index >= 15 is 0 Å². The lowest BCUT2D eigenvalue weighted by atomic mass is 10.2. The van der Waals surface area contributed by atoms with Gasteiger partial charge in [0.05, 0.1) is 0 Å². The second kappa shape index (κ2) is 6.20. The number of nitrogens with zero attached hydrogens (tertiary/aromatic N) is 2. The minimum atomic E-state index is -0.252. The van der Waals surface area contributed by atoms with Crippen LogP contribution >= 0.6 is 0 Å². The molecule has 0 aliphatic carbocycles. The average molecular weight is 237 g/mol. The van der Waals surface area contributed by atoms with Crippen molar-refractivity contribution in [3.05, 3.63) is 34.2 Å². The van der Waals surface area contributed by atoms with Gasteiger partial charge in [-0.05, 0) is 33.1 Å². The first kappa shape index (κ1) is 13.4. The molecule has 0 saturated carbocycles. The number of carbonyl (C=O) groups is 1. The van der Waals surface area contributed by atoms with Crippen molar-refractivity contribution < 1.29 is 4.79 Å². The van der Waals surface area contributed by atoms with E-state index in [1.54, 1.807) is 18.0 Å². The summed E-state index contributed by atoms with van der Waals surface area (Å²) in [4.78, 5) is 29.2. The summed E-state index contributed by atoms with van der Waals surface area (Å²) >= 11 is 0. The van der Waals surface area contributed by atoms with Gasteiger partial charge in [-0.25, -0.2) is 0 Å². The molecule has 0 spiro atoms. The van der Waals surface area contributed by atoms with E-state index in [1.165, 1.54) is 12.3 Å². The molecule has 0 saturated heterocycles. The molecule has 17 heavy (non-hydrogen) atoms. The molecule has 5 heteroatoms. The maximum Gasteiger partial charge on any atom is 0.253 e. The number of rotatable bonds is 5. The first-order valence-corrected chi connectivity index (χ1v) is 5.59. The topological polar surface area (TPSA) is 56.4 Å². The van der Waals surface area contributed by atoms with Crippen LogP contribution in [-0.4, -0.2) is 54.9 Å². The zero-order valence-electron chi connectivity index (χ0n) is 10.6. The zero-order valence-corrected chi connectivity index (χ0v) is 10.6. The molecular weight excluding hydrogens is 218 g/mol. The number of aromatic nitrogens is 1. The fourth-order valence-corrected chi connectivity index (χ4v) is 1.52. The summed E-state index contributed by atoms with van der Waals surface area (Å²) in [5.41, 5.74) is 0.179. The van der Waals surface area contributed by atoms with Crippen molar-refractivity contribution in [2.45, 2.75) is 6.42 Å². The van der Waals surface area contributed by atoms with E-state index in [-0.39, 0.29) is 11.5 Å². The molecule has 0 atom stereocenters. The number of aromatic amines is 1. The minimum Gasteiger partial charge on any atom is -0.342 e. The van der Waals surface area contributed by atoms with Gasteiger partial charge in [0.2, 0.25) is 5.56 Å². The third kappa shape index (κ3) is 4.40. The predicted octanol–water partition coefficient (Wildman–Crippen LogP) is 0.399. The lowest BCUT2D eigenvalue weighted by Gasteiger charge is -2.18. The highest BCUT2D eigenvalue weighted by Gasteiger charge is 2.11. The molecular formula is C12H19N3O2. The molecule has 0 aliphatic heterocycles. The lowest BCUT2D eigenvalue weighted by molar-refractivity contribution is 0.0790. The van der Waals surface area contributed by atoms with Gasteiger partial charge in [-0.3, -0.25) is 9.59 Å². The molecule has 5 nitrogen and oxygen atoms in total. The highest BCUT2D eigenvalue weighted by molar-refractivity contribution is 5.93. The smallest absolute Gasteiger partial charge is 0.253 e. The summed E-state index contributed by atoms with van der Waals surface area (Å²) in [7, 11) is 5.75. The van der Waals surface area contributed by atoms with Crippen LogP contribution in [0.3, 0.4) is 0 Å². The monoisotopic (exact) mass is 237 g/mol. The van der Waals surface area contributed by atoms with Crippen molar-refractivity contribution in [1.82, 2.24) is 14.8 Å². The first-order valence-electron chi connectivity index (χ1n) is 5.59. The van der Waals surface area contributed by atoms with Crippen LogP contribution in [0, 0.1) is 0 Å². The Hall–Kier alpha value is -1.62. The predicted molar refractivity (Wildman–Crippen MR) is 67.2 cm³/mol. The van der Waals surface area contributed by atoms with Gasteiger partial charge in [0.1, 0.15) is 0 Å². The van der Waals surface area contributed by atoms with Crippen molar-refractivity contribution in [3.8, 4) is 0 Å². The van der Waals surface area contributed by atoms with E-state index in [0.717, 1.165) is 13.0 Å². The standard InChI is InChI=1S/C12H19N3O2/c1-14(2)7-4-8-15(3)12(17)10-5-6-13-11(16)9-10/h5-6,9H,4,7-8H2,1-3H3,(H,13,16). The number of H-pyrrole nitrogens is 1. The molecule has 0 radical (unpaired) electrons. The fourth-order valence-electron chi connectivity index (χ4n) is 1.52. The average Bonchev–Trinajstić information content (AvgIpc) is 2.27. The van der Waals surface area contributed by atoms with E-state index in [2.05, 4.69) is 9.88 Å². The number of pyridine rings is 1. The molecule has 1 N–H and O–H groups in total. The van der Waals surface area contributed by atoms with Gasteiger partial charge in [-0.15, -0.1) is 0 Å². The third-order valence-corrected chi connectivity index (χ3v) is 2.47. The summed E-state index contributed by atoms with van der Waals surface area (Å²) in [6, 6.07) is 2.94. The first-order chi connectivity index (χ1) is 8.00. The van der Waals surface area contributed by atoms with Crippen molar-refractivity contribution >= 4 is 5.91 Å². The van der Waals surface area contributed by atoms with Gasteiger partial charge >= 0.3 is 0 Å². The Bertz CT molecular complexity index is 426. The number of amides is 1. The Balaban J connectivity index is 2.55. The van der Waals surface area contributed by atoms with Crippen molar-refractivity contribution in [3.63, 3.8) is 0 Å². The fraction of sp³-hybridized carbons (Fsp3) is 0.500. The van der Waals surface area contributed by atoms with Gasteiger partial charge in [0.15, 0.2) is 0 Å². The van der Waals surface area contributed by atoms with E-state index in [4.69, 9.17) is 0 Å². The second-order valence-electron chi connectivity index (χ2n) is 4.33. The quantitative estimate of drug-likeness (QED) is 0.806. The van der Waals surface area contributed by atoms with Crippen LogP contribution in [-0.2, 0) is 0 Å².